The maximum Gasteiger partial charge on any atom is 0.306 e. The quantitative estimate of drug-likeness (QED) is 0.298. The third kappa shape index (κ3) is 4.97. The first-order chi connectivity index (χ1) is 20.4. The minimum absolute atomic E-state index is 0.0376. The molecule has 0 spiro atoms. The number of rotatable bonds is 9. The summed E-state index contributed by atoms with van der Waals surface area (Å²) in [5.74, 6) is 2.96. The van der Waals surface area contributed by atoms with Crippen molar-refractivity contribution in [3.8, 4) is 22.6 Å². The molecule has 42 heavy (non-hydrogen) atoms. The second kappa shape index (κ2) is 11.0. The van der Waals surface area contributed by atoms with Crippen molar-refractivity contribution in [3.05, 3.63) is 82.4 Å². The van der Waals surface area contributed by atoms with Gasteiger partial charge in [-0.1, -0.05) is 24.3 Å². The molecule has 3 unspecified atom stereocenters. The standard InChI is InChI=1S/C35H38O7/c1-19-10-24(42-31-18-41-34-30(37-3)17-40-35(31)34)11-20(2)33(19)22-7-5-6-21(12-22)16-39-23-8-9-25-26(13-23)27-14-28(27)29(25)15-32(36)38-4/h5-13,27-31,34-35H,14-18H2,1-4H3/t27?,28?,29?,30-,31+,34-,35-/m1/s1. The molecular formula is C35H38O7. The number of hydrogen-bond donors (Lipinski definition) is 0. The van der Waals surface area contributed by atoms with Gasteiger partial charge in [0, 0.05) is 7.11 Å². The van der Waals surface area contributed by atoms with Crippen LogP contribution in [0.1, 0.15) is 52.5 Å². The molecular weight excluding hydrogens is 532 g/mol. The highest BCUT2D eigenvalue weighted by Gasteiger charge is 2.52. The van der Waals surface area contributed by atoms with Crippen molar-refractivity contribution in [2.45, 2.75) is 69.5 Å². The summed E-state index contributed by atoms with van der Waals surface area (Å²) < 4.78 is 34.9. The molecule has 3 fully saturated rings. The van der Waals surface area contributed by atoms with Gasteiger partial charge in [0.2, 0.25) is 0 Å². The molecule has 2 aliphatic carbocycles. The number of aryl methyl sites for hydroxylation is 2. The van der Waals surface area contributed by atoms with Crippen LogP contribution in [0.25, 0.3) is 11.1 Å². The zero-order chi connectivity index (χ0) is 29.0. The van der Waals surface area contributed by atoms with Gasteiger partial charge in [0.15, 0.2) is 6.10 Å². The van der Waals surface area contributed by atoms with Crippen molar-refractivity contribution in [3.63, 3.8) is 0 Å². The van der Waals surface area contributed by atoms with Gasteiger partial charge in [0.1, 0.15) is 36.4 Å². The van der Waals surface area contributed by atoms with E-state index >= 15 is 0 Å². The Morgan fingerprint density at radius 1 is 0.881 bits per heavy atom. The lowest BCUT2D eigenvalue weighted by atomic mass is 9.93. The Balaban J connectivity index is 1.03. The van der Waals surface area contributed by atoms with Gasteiger partial charge in [-0.15, -0.1) is 0 Å². The van der Waals surface area contributed by atoms with Crippen LogP contribution < -0.4 is 9.47 Å². The Hall–Kier alpha value is -3.39. The number of benzene rings is 3. The molecule has 7 heteroatoms. The van der Waals surface area contributed by atoms with Crippen molar-refractivity contribution >= 4 is 5.97 Å². The first-order valence-corrected chi connectivity index (χ1v) is 14.9. The van der Waals surface area contributed by atoms with Crippen LogP contribution >= 0.6 is 0 Å². The first kappa shape index (κ1) is 27.4. The maximum absolute atomic E-state index is 11.9. The zero-order valence-electron chi connectivity index (χ0n) is 24.6. The van der Waals surface area contributed by atoms with Crippen molar-refractivity contribution in [2.75, 3.05) is 27.4 Å². The van der Waals surface area contributed by atoms with E-state index < -0.39 is 0 Å². The van der Waals surface area contributed by atoms with Gasteiger partial charge in [-0.3, -0.25) is 4.79 Å². The van der Waals surface area contributed by atoms with E-state index in [2.05, 4.69) is 62.4 Å². The number of esters is 1. The number of methoxy groups -OCH3 is 2. The number of carbonyl (C=O) groups is 1. The molecule has 0 amide bonds. The first-order valence-electron chi connectivity index (χ1n) is 14.9. The maximum atomic E-state index is 11.9. The predicted molar refractivity (Wildman–Crippen MR) is 157 cm³/mol. The molecule has 1 saturated carbocycles. The molecule has 4 aliphatic rings. The van der Waals surface area contributed by atoms with E-state index in [9.17, 15) is 4.79 Å². The van der Waals surface area contributed by atoms with Crippen LogP contribution in [-0.4, -0.2) is 57.8 Å². The molecule has 0 radical (unpaired) electrons. The Morgan fingerprint density at radius 2 is 1.64 bits per heavy atom. The van der Waals surface area contributed by atoms with E-state index in [4.69, 9.17) is 28.4 Å². The molecule has 220 valence electrons. The normalized spacial score (nSPS) is 28.6. The molecule has 7 atom stereocenters. The fourth-order valence-electron chi connectivity index (χ4n) is 7.41. The molecule has 0 aromatic heterocycles. The third-order valence-corrected chi connectivity index (χ3v) is 9.51. The minimum atomic E-state index is -0.149. The van der Waals surface area contributed by atoms with E-state index in [0.717, 1.165) is 40.2 Å². The van der Waals surface area contributed by atoms with Gasteiger partial charge in [0.25, 0.3) is 0 Å². The lowest BCUT2D eigenvalue weighted by molar-refractivity contribution is -0.141. The molecule has 2 aliphatic heterocycles. The van der Waals surface area contributed by atoms with Gasteiger partial charge in [-0.25, -0.2) is 0 Å². The van der Waals surface area contributed by atoms with Crippen LogP contribution in [0.5, 0.6) is 11.5 Å². The number of carbonyl (C=O) groups excluding carboxylic acids is 1. The van der Waals surface area contributed by atoms with Crippen molar-refractivity contribution in [2.24, 2.45) is 5.92 Å². The lowest BCUT2D eigenvalue weighted by Crippen LogP contribution is -2.35. The SMILES string of the molecule is COC(=O)CC1c2ccc(OCc3cccc(-c4c(C)cc(O[C@H]5CO[C@H]6[C@@H]5OC[C@H]6OC)cc4C)c3)cc2C2CC12. The Kier molecular flexibility index (Phi) is 7.21. The van der Waals surface area contributed by atoms with Crippen molar-refractivity contribution < 1.29 is 33.2 Å². The van der Waals surface area contributed by atoms with E-state index in [1.54, 1.807) is 7.11 Å². The highest BCUT2D eigenvalue weighted by Crippen LogP contribution is 2.64. The fourth-order valence-corrected chi connectivity index (χ4v) is 7.41. The van der Waals surface area contributed by atoms with E-state index in [-0.39, 0.29) is 36.3 Å². The summed E-state index contributed by atoms with van der Waals surface area (Å²) in [6, 6.07) is 19.1. The van der Waals surface area contributed by atoms with Crippen molar-refractivity contribution in [1.82, 2.24) is 0 Å². The number of fused-ring (bicyclic) bond motifs is 4. The summed E-state index contributed by atoms with van der Waals surface area (Å²) in [6.45, 7) is 5.77. The highest BCUT2D eigenvalue weighted by molar-refractivity contribution is 5.73. The monoisotopic (exact) mass is 570 g/mol. The summed E-state index contributed by atoms with van der Waals surface area (Å²) >= 11 is 0. The van der Waals surface area contributed by atoms with Crippen LogP contribution in [0.2, 0.25) is 0 Å². The number of hydrogen-bond acceptors (Lipinski definition) is 7. The fraction of sp³-hybridized carbons (Fsp3) is 0.457. The van der Waals surface area contributed by atoms with Crippen LogP contribution in [-0.2, 0) is 30.3 Å². The lowest BCUT2D eigenvalue weighted by Gasteiger charge is -2.20. The summed E-state index contributed by atoms with van der Waals surface area (Å²) in [6.07, 6.45) is 1.25. The second-order valence-electron chi connectivity index (χ2n) is 12.1. The summed E-state index contributed by atoms with van der Waals surface area (Å²) in [5, 5.41) is 0. The van der Waals surface area contributed by atoms with Crippen LogP contribution in [0, 0.1) is 19.8 Å². The topological polar surface area (TPSA) is 72.5 Å². The molecule has 3 aromatic rings. The molecule has 2 saturated heterocycles. The molecule has 7 rings (SSSR count). The average Bonchev–Trinajstić information content (AvgIpc) is 3.37. The summed E-state index contributed by atoms with van der Waals surface area (Å²) in [4.78, 5) is 11.9. The summed E-state index contributed by atoms with van der Waals surface area (Å²) in [7, 11) is 3.16. The zero-order valence-corrected chi connectivity index (χ0v) is 24.6. The predicted octanol–water partition coefficient (Wildman–Crippen LogP) is 5.87. The highest BCUT2D eigenvalue weighted by atomic mass is 16.6. The smallest absolute Gasteiger partial charge is 0.306 e. The minimum Gasteiger partial charge on any atom is -0.489 e. The Bertz CT molecular complexity index is 1480. The van der Waals surface area contributed by atoms with Gasteiger partial charge >= 0.3 is 5.97 Å². The second-order valence-corrected chi connectivity index (χ2v) is 12.1. The van der Waals surface area contributed by atoms with E-state index in [1.807, 2.05) is 6.07 Å². The van der Waals surface area contributed by atoms with Crippen LogP contribution in [0.15, 0.2) is 54.6 Å². The van der Waals surface area contributed by atoms with Gasteiger partial charge in [-0.2, -0.15) is 0 Å². The molecule has 7 nitrogen and oxygen atoms in total. The summed E-state index contributed by atoms with van der Waals surface area (Å²) in [5.41, 5.74) is 8.40. The Labute approximate surface area is 247 Å². The van der Waals surface area contributed by atoms with E-state index in [1.165, 1.54) is 23.8 Å². The third-order valence-electron chi connectivity index (χ3n) is 9.51. The Morgan fingerprint density at radius 3 is 2.40 bits per heavy atom. The number of ether oxygens (including phenoxy) is 6. The van der Waals surface area contributed by atoms with E-state index in [0.29, 0.717) is 38.1 Å². The van der Waals surface area contributed by atoms with Gasteiger partial charge < -0.3 is 28.4 Å². The molecule has 0 bridgehead atoms. The van der Waals surface area contributed by atoms with Crippen LogP contribution in [0.4, 0.5) is 0 Å². The van der Waals surface area contributed by atoms with Crippen LogP contribution in [0.3, 0.4) is 0 Å². The van der Waals surface area contributed by atoms with Gasteiger partial charge in [0.05, 0.1) is 26.7 Å². The molecule has 3 aromatic carbocycles. The average molecular weight is 571 g/mol. The largest absolute Gasteiger partial charge is 0.489 e. The van der Waals surface area contributed by atoms with Crippen molar-refractivity contribution in [1.29, 1.82) is 0 Å². The molecule has 0 N–H and O–H groups in total. The molecule has 2 heterocycles. The van der Waals surface area contributed by atoms with Gasteiger partial charge in [-0.05, 0) is 107 Å².